The highest BCUT2D eigenvalue weighted by Gasteiger charge is 2.34. The number of nitrogens with one attached hydrogen (secondary N) is 1. The zero-order chi connectivity index (χ0) is 14.0. The molecule has 0 aromatic heterocycles. The first-order chi connectivity index (χ1) is 9.04. The second-order valence-corrected chi connectivity index (χ2v) is 6.19. The molecule has 4 unspecified atom stereocenters. The van der Waals surface area contributed by atoms with Crippen LogP contribution in [0.5, 0.6) is 0 Å². The zero-order valence-corrected chi connectivity index (χ0v) is 13.1. The Labute approximate surface area is 122 Å². The van der Waals surface area contributed by atoms with Crippen molar-refractivity contribution < 1.29 is 0 Å². The lowest BCUT2D eigenvalue weighted by Crippen LogP contribution is -2.53. The van der Waals surface area contributed by atoms with Crippen LogP contribution in [0.2, 0.25) is 5.02 Å². The Morgan fingerprint density at radius 1 is 1.26 bits per heavy atom. The SMILES string of the molecule is CNC1CCN(C(C)c2ccc(Cl)cc2)C(C)C1C. The fraction of sp³-hybridized carbons (Fsp3) is 0.625. The third kappa shape index (κ3) is 3.13. The average molecular weight is 281 g/mol. The highest BCUT2D eigenvalue weighted by molar-refractivity contribution is 6.30. The average Bonchev–Trinajstić information content (AvgIpc) is 2.42. The van der Waals surface area contributed by atoms with Crippen LogP contribution in [-0.2, 0) is 0 Å². The summed E-state index contributed by atoms with van der Waals surface area (Å²) in [5.74, 6) is 0.675. The topological polar surface area (TPSA) is 15.3 Å². The molecule has 0 aliphatic carbocycles. The molecule has 106 valence electrons. The molecule has 1 aromatic rings. The van der Waals surface area contributed by atoms with Crippen molar-refractivity contribution in [3.8, 4) is 0 Å². The second kappa shape index (κ2) is 6.25. The lowest BCUT2D eigenvalue weighted by atomic mass is 9.85. The molecule has 0 saturated carbocycles. The highest BCUT2D eigenvalue weighted by atomic mass is 35.5. The number of hydrogen-bond acceptors (Lipinski definition) is 2. The summed E-state index contributed by atoms with van der Waals surface area (Å²) >= 11 is 5.97. The summed E-state index contributed by atoms with van der Waals surface area (Å²) in [7, 11) is 2.08. The van der Waals surface area contributed by atoms with Gasteiger partial charge in [0.25, 0.3) is 0 Å². The predicted octanol–water partition coefficient (Wildman–Crippen LogP) is 3.72. The first kappa shape index (κ1) is 14.8. The summed E-state index contributed by atoms with van der Waals surface area (Å²) in [6, 6.07) is 9.96. The maximum atomic E-state index is 5.97. The van der Waals surface area contributed by atoms with Crippen LogP contribution in [0.15, 0.2) is 24.3 Å². The number of nitrogens with zero attached hydrogens (tertiary/aromatic N) is 1. The number of likely N-dealkylation sites (tertiary alicyclic amines) is 1. The summed E-state index contributed by atoms with van der Waals surface area (Å²) < 4.78 is 0. The van der Waals surface area contributed by atoms with Crippen LogP contribution in [0.4, 0.5) is 0 Å². The Bertz CT molecular complexity index is 404. The van der Waals surface area contributed by atoms with Crippen molar-refractivity contribution in [1.82, 2.24) is 10.2 Å². The van der Waals surface area contributed by atoms with Crippen molar-refractivity contribution in [3.05, 3.63) is 34.9 Å². The van der Waals surface area contributed by atoms with Gasteiger partial charge in [0.1, 0.15) is 0 Å². The molecule has 0 radical (unpaired) electrons. The molecule has 0 bridgehead atoms. The Hall–Kier alpha value is -0.570. The molecule has 0 amide bonds. The van der Waals surface area contributed by atoms with E-state index in [-0.39, 0.29) is 0 Å². The minimum atomic E-state index is 0.451. The van der Waals surface area contributed by atoms with Gasteiger partial charge in [-0.2, -0.15) is 0 Å². The fourth-order valence-corrected chi connectivity index (χ4v) is 3.41. The van der Waals surface area contributed by atoms with Crippen molar-refractivity contribution in [2.45, 2.75) is 45.3 Å². The van der Waals surface area contributed by atoms with Crippen LogP contribution in [0.25, 0.3) is 0 Å². The maximum Gasteiger partial charge on any atom is 0.0406 e. The number of hydrogen-bond donors (Lipinski definition) is 1. The molecule has 0 spiro atoms. The molecule has 4 atom stereocenters. The first-order valence-electron chi connectivity index (χ1n) is 7.23. The number of benzene rings is 1. The van der Waals surface area contributed by atoms with Gasteiger partial charge in [-0.15, -0.1) is 0 Å². The molecule has 1 aromatic carbocycles. The predicted molar refractivity (Wildman–Crippen MR) is 82.7 cm³/mol. The van der Waals surface area contributed by atoms with E-state index >= 15 is 0 Å². The van der Waals surface area contributed by atoms with Gasteiger partial charge >= 0.3 is 0 Å². The van der Waals surface area contributed by atoms with Crippen LogP contribution < -0.4 is 5.32 Å². The Morgan fingerprint density at radius 3 is 2.47 bits per heavy atom. The van der Waals surface area contributed by atoms with Gasteiger partial charge in [-0.25, -0.2) is 0 Å². The third-order valence-corrected chi connectivity index (χ3v) is 5.09. The van der Waals surface area contributed by atoms with E-state index in [1.54, 1.807) is 0 Å². The van der Waals surface area contributed by atoms with Gasteiger partial charge in [0.2, 0.25) is 0 Å². The number of rotatable bonds is 3. The molecule has 3 heteroatoms. The third-order valence-electron chi connectivity index (χ3n) is 4.84. The van der Waals surface area contributed by atoms with Crippen LogP contribution in [-0.4, -0.2) is 30.6 Å². The second-order valence-electron chi connectivity index (χ2n) is 5.75. The van der Waals surface area contributed by atoms with E-state index in [2.05, 4.69) is 50.2 Å². The lowest BCUT2D eigenvalue weighted by Gasteiger charge is -2.45. The smallest absolute Gasteiger partial charge is 0.0406 e. The summed E-state index contributed by atoms with van der Waals surface area (Å²) in [5.41, 5.74) is 1.35. The van der Waals surface area contributed by atoms with Gasteiger partial charge in [-0.05, 0) is 50.9 Å². The van der Waals surface area contributed by atoms with Gasteiger partial charge in [-0.3, -0.25) is 4.90 Å². The molecule has 1 fully saturated rings. The first-order valence-corrected chi connectivity index (χ1v) is 7.61. The van der Waals surface area contributed by atoms with Crippen molar-refractivity contribution >= 4 is 11.6 Å². The Morgan fingerprint density at radius 2 is 1.89 bits per heavy atom. The lowest BCUT2D eigenvalue weighted by molar-refractivity contribution is 0.0545. The van der Waals surface area contributed by atoms with Gasteiger partial charge in [0.15, 0.2) is 0 Å². The van der Waals surface area contributed by atoms with Gasteiger partial charge in [0, 0.05) is 29.7 Å². The fourth-order valence-electron chi connectivity index (χ4n) is 3.28. The normalized spacial score (nSPS) is 30.3. The van der Waals surface area contributed by atoms with E-state index in [9.17, 15) is 0 Å². The zero-order valence-electron chi connectivity index (χ0n) is 12.4. The molecule has 1 heterocycles. The van der Waals surface area contributed by atoms with Crippen LogP contribution in [0, 0.1) is 5.92 Å². The Balaban J connectivity index is 2.11. The van der Waals surface area contributed by atoms with E-state index in [1.165, 1.54) is 12.0 Å². The molecule has 1 aliphatic rings. The summed E-state index contributed by atoms with van der Waals surface area (Å²) in [5, 5.41) is 4.26. The quantitative estimate of drug-likeness (QED) is 0.908. The number of piperidine rings is 1. The van der Waals surface area contributed by atoms with E-state index in [0.29, 0.717) is 24.0 Å². The van der Waals surface area contributed by atoms with E-state index in [0.717, 1.165) is 11.6 Å². The van der Waals surface area contributed by atoms with Crippen LogP contribution in [0.1, 0.15) is 38.8 Å². The van der Waals surface area contributed by atoms with Crippen molar-refractivity contribution in [3.63, 3.8) is 0 Å². The van der Waals surface area contributed by atoms with Gasteiger partial charge in [0.05, 0.1) is 0 Å². The molecule has 1 saturated heterocycles. The molecular formula is C16H25ClN2. The van der Waals surface area contributed by atoms with Crippen LogP contribution >= 0.6 is 11.6 Å². The Kier molecular flexibility index (Phi) is 4.88. The van der Waals surface area contributed by atoms with E-state index < -0.39 is 0 Å². The molecule has 2 nitrogen and oxygen atoms in total. The standard InChI is InChI=1S/C16H25ClN2/c1-11-12(2)19(10-9-16(11)18-4)13(3)14-5-7-15(17)8-6-14/h5-8,11-13,16,18H,9-10H2,1-4H3. The molecular weight excluding hydrogens is 256 g/mol. The summed E-state index contributed by atoms with van der Waals surface area (Å²) in [6.07, 6.45) is 1.22. The van der Waals surface area contributed by atoms with Crippen molar-refractivity contribution in [2.75, 3.05) is 13.6 Å². The number of halogens is 1. The minimum Gasteiger partial charge on any atom is -0.317 e. The maximum absolute atomic E-state index is 5.97. The van der Waals surface area contributed by atoms with Crippen LogP contribution in [0.3, 0.4) is 0 Å². The monoisotopic (exact) mass is 280 g/mol. The molecule has 2 rings (SSSR count). The van der Waals surface area contributed by atoms with Crippen molar-refractivity contribution in [1.29, 1.82) is 0 Å². The summed E-state index contributed by atoms with van der Waals surface area (Å²) in [6.45, 7) is 8.15. The minimum absolute atomic E-state index is 0.451. The molecule has 19 heavy (non-hydrogen) atoms. The van der Waals surface area contributed by atoms with E-state index in [1.807, 2.05) is 12.1 Å². The van der Waals surface area contributed by atoms with Gasteiger partial charge < -0.3 is 5.32 Å². The van der Waals surface area contributed by atoms with Crippen molar-refractivity contribution in [2.24, 2.45) is 5.92 Å². The molecule has 1 N–H and O–H groups in total. The van der Waals surface area contributed by atoms with Gasteiger partial charge in [-0.1, -0.05) is 30.7 Å². The molecule has 1 aliphatic heterocycles. The summed E-state index contributed by atoms with van der Waals surface area (Å²) in [4.78, 5) is 2.61. The largest absolute Gasteiger partial charge is 0.317 e. The highest BCUT2D eigenvalue weighted by Crippen LogP contribution is 2.31. The van der Waals surface area contributed by atoms with E-state index in [4.69, 9.17) is 11.6 Å².